The molecule has 1 aromatic rings. The quantitative estimate of drug-likeness (QED) is 0.692. The smallest absolute Gasteiger partial charge is 0.339 e. The van der Waals surface area contributed by atoms with Crippen molar-refractivity contribution < 1.29 is 28.2 Å². The minimum Gasteiger partial charge on any atom is -0.505 e. The van der Waals surface area contributed by atoms with Gasteiger partial charge in [-0.1, -0.05) is 6.07 Å². The molecule has 7 nitrogen and oxygen atoms in total. The summed E-state index contributed by atoms with van der Waals surface area (Å²) in [4.78, 5) is 22.4. The van der Waals surface area contributed by atoms with E-state index in [-0.39, 0.29) is 11.3 Å². The lowest BCUT2D eigenvalue weighted by Crippen LogP contribution is -2.31. The van der Waals surface area contributed by atoms with Crippen molar-refractivity contribution in [2.45, 2.75) is 12.2 Å². The van der Waals surface area contributed by atoms with Gasteiger partial charge in [-0.3, -0.25) is 4.79 Å². The number of nitrogens with one attached hydrogen (secondary N) is 1. The molecule has 0 bridgehead atoms. The molecular weight excluding hydrogens is 274 g/mol. The Kier molecular flexibility index (Phi) is 4.15. The Morgan fingerprint density at radius 1 is 1.32 bits per heavy atom. The maximum atomic E-state index is 11.6. The van der Waals surface area contributed by atoms with Gasteiger partial charge in [0, 0.05) is 6.26 Å². The third kappa shape index (κ3) is 3.44. The number of anilines is 1. The van der Waals surface area contributed by atoms with Gasteiger partial charge in [0.2, 0.25) is 5.91 Å². The highest BCUT2D eigenvalue weighted by molar-refractivity contribution is 7.92. The van der Waals surface area contributed by atoms with Crippen LogP contribution in [0.2, 0.25) is 0 Å². The Hall–Kier alpha value is -2.09. The van der Waals surface area contributed by atoms with E-state index in [1.165, 1.54) is 19.1 Å². The first-order valence-corrected chi connectivity index (χ1v) is 7.15. The molecule has 0 aliphatic heterocycles. The van der Waals surface area contributed by atoms with E-state index in [1.807, 2.05) is 0 Å². The number of aromatic hydroxyl groups is 1. The molecule has 8 heteroatoms. The first kappa shape index (κ1) is 15.0. The lowest BCUT2D eigenvalue weighted by atomic mass is 10.1. The molecule has 0 aromatic heterocycles. The summed E-state index contributed by atoms with van der Waals surface area (Å²) in [5.41, 5.74) is -0.537. The highest BCUT2D eigenvalue weighted by Crippen LogP contribution is 2.27. The van der Waals surface area contributed by atoms with Gasteiger partial charge in [0.25, 0.3) is 0 Å². The molecular formula is C11H13NO6S. The largest absolute Gasteiger partial charge is 0.505 e. The molecule has 1 rings (SSSR count). The number of carboxylic acid groups (broad SMARTS) is 1. The number of amides is 1. The molecule has 0 fully saturated rings. The number of hydrogen-bond acceptors (Lipinski definition) is 5. The van der Waals surface area contributed by atoms with Crippen LogP contribution in [0.3, 0.4) is 0 Å². The number of benzene rings is 1. The van der Waals surface area contributed by atoms with Gasteiger partial charge in [-0.15, -0.1) is 0 Å². The Morgan fingerprint density at radius 2 is 1.89 bits per heavy atom. The summed E-state index contributed by atoms with van der Waals surface area (Å²) in [6.07, 6.45) is 0.908. The van der Waals surface area contributed by atoms with E-state index in [2.05, 4.69) is 5.32 Å². The first-order chi connectivity index (χ1) is 8.64. The molecule has 1 atom stereocenters. The predicted octanol–water partition coefficient (Wildman–Crippen LogP) is 0.462. The Bertz CT molecular complexity index is 622. The highest BCUT2D eigenvalue weighted by atomic mass is 32.2. The van der Waals surface area contributed by atoms with E-state index in [9.17, 15) is 23.1 Å². The maximum absolute atomic E-state index is 11.6. The van der Waals surface area contributed by atoms with Crippen molar-refractivity contribution in [3.8, 4) is 5.75 Å². The van der Waals surface area contributed by atoms with Crippen molar-refractivity contribution >= 4 is 27.4 Å². The Balaban J connectivity index is 3.05. The van der Waals surface area contributed by atoms with Crippen LogP contribution in [-0.4, -0.2) is 42.0 Å². The third-order valence-electron chi connectivity index (χ3n) is 2.54. The number of sulfone groups is 1. The van der Waals surface area contributed by atoms with E-state index >= 15 is 0 Å². The zero-order chi connectivity index (χ0) is 14.8. The van der Waals surface area contributed by atoms with Gasteiger partial charge in [0.15, 0.2) is 15.6 Å². The summed E-state index contributed by atoms with van der Waals surface area (Å²) in [7, 11) is -3.57. The summed E-state index contributed by atoms with van der Waals surface area (Å²) >= 11 is 0. The van der Waals surface area contributed by atoms with Crippen LogP contribution in [0.25, 0.3) is 0 Å². The van der Waals surface area contributed by atoms with Gasteiger partial charge < -0.3 is 15.5 Å². The van der Waals surface area contributed by atoms with Crippen molar-refractivity contribution in [3.63, 3.8) is 0 Å². The normalized spacial score (nSPS) is 12.7. The van der Waals surface area contributed by atoms with Gasteiger partial charge in [0.1, 0.15) is 10.8 Å². The van der Waals surface area contributed by atoms with E-state index in [0.29, 0.717) is 0 Å². The second-order valence-electron chi connectivity index (χ2n) is 3.97. The van der Waals surface area contributed by atoms with Gasteiger partial charge in [-0.25, -0.2) is 13.2 Å². The zero-order valence-corrected chi connectivity index (χ0v) is 11.1. The molecule has 0 saturated carbocycles. The molecule has 0 spiro atoms. The number of carbonyl (C=O) groups excluding carboxylic acids is 1. The fourth-order valence-corrected chi connectivity index (χ4v) is 1.69. The van der Waals surface area contributed by atoms with E-state index < -0.39 is 32.7 Å². The molecule has 0 aliphatic carbocycles. The Morgan fingerprint density at radius 3 is 2.37 bits per heavy atom. The summed E-state index contributed by atoms with van der Waals surface area (Å²) in [6.45, 7) is 1.20. The molecule has 0 aliphatic rings. The Labute approximate surface area is 109 Å². The van der Waals surface area contributed by atoms with Gasteiger partial charge >= 0.3 is 5.97 Å². The maximum Gasteiger partial charge on any atom is 0.339 e. The molecule has 0 saturated heterocycles. The van der Waals surface area contributed by atoms with Crippen molar-refractivity contribution in [3.05, 3.63) is 23.8 Å². The van der Waals surface area contributed by atoms with Crippen LogP contribution < -0.4 is 5.32 Å². The van der Waals surface area contributed by atoms with Crippen molar-refractivity contribution in [2.75, 3.05) is 11.6 Å². The minimum absolute atomic E-state index is 0.152. The second kappa shape index (κ2) is 5.27. The average molecular weight is 287 g/mol. The van der Waals surface area contributed by atoms with Gasteiger partial charge in [0.05, 0.1) is 5.69 Å². The minimum atomic E-state index is -3.57. The molecule has 0 heterocycles. The topological polar surface area (TPSA) is 121 Å². The summed E-state index contributed by atoms with van der Waals surface area (Å²) in [6, 6.07) is 3.76. The van der Waals surface area contributed by atoms with Crippen LogP contribution in [0.5, 0.6) is 5.75 Å². The van der Waals surface area contributed by atoms with Crippen LogP contribution in [0, 0.1) is 0 Å². The van der Waals surface area contributed by atoms with E-state index in [1.54, 1.807) is 0 Å². The molecule has 3 N–H and O–H groups in total. The predicted molar refractivity (Wildman–Crippen MR) is 68.0 cm³/mol. The number of rotatable bonds is 4. The van der Waals surface area contributed by atoms with Gasteiger partial charge in [-0.05, 0) is 19.1 Å². The second-order valence-corrected chi connectivity index (χ2v) is 6.33. The highest BCUT2D eigenvalue weighted by Gasteiger charge is 2.25. The number of para-hydroxylation sites is 1. The summed E-state index contributed by atoms with van der Waals surface area (Å²) < 4.78 is 22.4. The molecule has 1 unspecified atom stereocenters. The van der Waals surface area contributed by atoms with Crippen molar-refractivity contribution in [1.29, 1.82) is 0 Å². The fraction of sp³-hybridized carbons (Fsp3) is 0.273. The number of phenols is 1. The fourth-order valence-electron chi connectivity index (χ4n) is 1.25. The zero-order valence-electron chi connectivity index (χ0n) is 10.2. The van der Waals surface area contributed by atoms with Crippen LogP contribution >= 0.6 is 0 Å². The number of hydrogen-bond donors (Lipinski definition) is 3. The number of carboxylic acids is 1. The summed E-state index contributed by atoms with van der Waals surface area (Å²) in [5.74, 6) is -2.82. The van der Waals surface area contributed by atoms with E-state index in [4.69, 9.17) is 5.11 Å². The molecule has 1 aromatic carbocycles. The van der Waals surface area contributed by atoms with Crippen LogP contribution in [0.1, 0.15) is 17.3 Å². The van der Waals surface area contributed by atoms with Crippen LogP contribution in [0.4, 0.5) is 5.69 Å². The lowest BCUT2D eigenvalue weighted by Gasteiger charge is -2.12. The van der Waals surface area contributed by atoms with Crippen LogP contribution in [0.15, 0.2) is 18.2 Å². The molecule has 19 heavy (non-hydrogen) atoms. The summed E-state index contributed by atoms with van der Waals surface area (Å²) in [5, 5.41) is 19.3. The lowest BCUT2D eigenvalue weighted by molar-refractivity contribution is -0.115. The number of carbonyl (C=O) groups is 2. The van der Waals surface area contributed by atoms with Crippen LogP contribution in [-0.2, 0) is 14.6 Å². The molecule has 0 radical (unpaired) electrons. The molecule has 1 amide bonds. The van der Waals surface area contributed by atoms with Crippen molar-refractivity contribution in [2.24, 2.45) is 0 Å². The average Bonchev–Trinajstić information content (AvgIpc) is 2.29. The first-order valence-electron chi connectivity index (χ1n) is 5.19. The van der Waals surface area contributed by atoms with Crippen molar-refractivity contribution in [1.82, 2.24) is 0 Å². The SMILES string of the molecule is CC(C(=O)Nc1cccc(C(=O)O)c1O)S(C)(=O)=O. The number of aromatic carboxylic acids is 1. The van der Waals surface area contributed by atoms with E-state index in [0.717, 1.165) is 12.3 Å². The molecule has 104 valence electrons. The monoisotopic (exact) mass is 287 g/mol. The third-order valence-corrected chi connectivity index (χ3v) is 4.03. The van der Waals surface area contributed by atoms with Gasteiger partial charge in [-0.2, -0.15) is 0 Å². The standard InChI is InChI=1S/C11H13NO6S/c1-6(19(2,17)18)10(14)12-8-5-3-4-7(9(8)13)11(15)16/h3-6,13H,1-2H3,(H,12,14)(H,15,16).